The number of rotatable bonds is 6. The second kappa shape index (κ2) is 6.21. The molecule has 0 atom stereocenters. The third kappa shape index (κ3) is 3.72. The summed E-state index contributed by atoms with van der Waals surface area (Å²) in [5.74, 6) is -0.347. The second-order valence-electron chi connectivity index (χ2n) is 3.54. The number of hydrogen-bond acceptors (Lipinski definition) is 4. The highest BCUT2D eigenvalue weighted by atomic mass is 35.7. The van der Waals surface area contributed by atoms with Crippen LogP contribution in [0.1, 0.15) is 17.4 Å². The summed E-state index contributed by atoms with van der Waals surface area (Å²) in [5.41, 5.74) is 0.244. The van der Waals surface area contributed by atoms with Crippen LogP contribution in [-0.2, 0) is 20.3 Å². The van der Waals surface area contributed by atoms with Gasteiger partial charge in [0.05, 0.1) is 6.61 Å². The Morgan fingerprint density at radius 1 is 1.56 bits per heavy atom. The number of hydrogen-bond donors (Lipinski definition) is 1. The molecule has 0 aliphatic rings. The van der Waals surface area contributed by atoms with E-state index in [1.807, 2.05) is 0 Å². The van der Waals surface area contributed by atoms with Gasteiger partial charge in [0.1, 0.15) is 10.6 Å². The molecule has 18 heavy (non-hydrogen) atoms. The normalized spacial score (nSPS) is 11.5. The first-order valence-corrected chi connectivity index (χ1v) is 7.63. The SMILES string of the molecule is CCNC(=O)c1cc(S(=O)(=O)Cl)cn1CCOC. The van der Waals surface area contributed by atoms with Gasteiger partial charge in [0, 0.05) is 37.1 Å². The van der Waals surface area contributed by atoms with E-state index < -0.39 is 9.05 Å². The molecule has 0 radical (unpaired) electrons. The maximum Gasteiger partial charge on any atom is 0.267 e. The van der Waals surface area contributed by atoms with Crippen LogP contribution in [0.3, 0.4) is 0 Å². The molecule has 0 saturated carbocycles. The van der Waals surface area contributed by atoms with E-state index in [1.54, 1.807) is 6.92 Å². The molecule has 1 aromatic rings. The topological polar surface area (TPSA) is 77.4 Å². The van der Waals surface area contributed by atoms with Gasteiger partial charge < -0.3 is 14.6 Å². The van der Waals surface area contributed by atoms with Crippen LogP contribution in [-0.4, -0.2) is 39.2 Å². The minimum atomic E-state index is -3.85. The van der Waals surface area contributed by atoms with Crippen molar-refractivity contribution in [2.24, 2.45) is 0 Å². The van der Waals surface area contributed by atoms with Crippen LogP contribution in [0, 0.1) is 0 Å². The second-order valence-corrected chi connectivity index (χ2v) is 6.11. The molecule has 0 aromatic carbocycles. The molecule has 6 nitrogen and oxygen atoms in total. The van der Waals surface area contributed by atoms with Gasteiger partial charge in [-0.05, 0) is 13.0 Å². The first kappa shape index (κ1) is 15.0. The minimum absolute atomic E-state index is 0.0958. The van der Waals surface area contributed by atoms with E-state index in [2.05, 4.69) is 5.32 Å². The third-order valence-electron chi connectivity index (χ3n) is 2.26. The molecular weight excluding hydrogens is 280 g/mol. The molecule has 0 fully saturated rings. The molecule has 1 heterocycles. The highest BCUT2D eigenvalue weighted by Gasteiger charge is 2.19. The van der Waals surface area contributed by atoms with E-state index in [9.17, 15) is 13.2 Å². The van der Waals surface area contributed by atoms with Gasteiger partial charge in [0.25, 0.3) is 15.0 Å². The number of amides is 1. The molecule has 0 aliphatic carbocycles. The van der Waals surface area contributed by atoms with Gasteiger partial charge >= 0.3 is 0 Å². The lowest BCUT2D eigenvalue weighted by atomic mass is 10.4. The lowest BCUT2D eigenvalue weighted by Crippen LogP contribution is -2.25. The Morgan fingerprint density at radius 3 is 2.72 bits per heavy atom. The number of ether oxygens (including phenoxy) is 1. The zero-order chi connectivity index (χ0) is 13.8. The van der Waals surface area contributed by atoms with Crippen molar-refractivity contribution in [1.29, 1.82) is 0 Å². The van der Waals surface area contributed by atoms with E-state index >= 15 is 0 Å². The van der Waals surface area contributed by atoms with Crippen molar-refractivity contribution in [3.63, 3.8) is 0 Å². The van der Waals surface area contributed by atoms with Gasteiger partial charge in [-0.1, -0.05) is 0 Å². The fourth-order valence-corrected chi connectivity index (χ4v) is 2.19. The van der Waals surface area contributed by atoms with Crippen LogP contribution < -0.4 is 5.32 Å². The van der Waals surface area contributed by atoms with Crippen molar-refractivity contribution in [3.8, 4) is 0 Å². The van der Waals surface area contributed by atoms with Gasteiger partial charge in [-0.25, -0.2) is 8.42 Å². The maximum absolute atomic E-state index is 11.8. The lowest BCUT2D eigenvalue weighted by Gasteiger charge is -2.07. The Bertz CT molecular complexity index is 524. The predicted octanol–water partition coefficient (Wildman–Crippen LogP) is 0.812. The van der Waals surface area contributed by atoms with Crippen LogP contribution in [0.2, 0.25) is 0 Å². The van der Waals surface area contributed by atoms with E-state index in [4.69, 9.17) is 15.4 Å². The smallest absolute Gasteiger partial charge is 0.267 e. The number of carbonyl (C=O) groups excluding carboxylic acids is 1. The number of aromatic nitrogens is 1. The van der Waals surface area contributed by atoms with Crippen LogP contribution in [0.4, 0.5) is 0 Å². The predicted molar refractivity (Wildman–Crippen MR) is 67.4 cm³/mol. The summed E-state index contributed by atoms with van der Waals surface area (Å²) in [4.78, 5) is 11.7. The first-order chi connectivity index (χ1) is 8.40. The minimum Gasteiger partial charge on any atom is -0.383 e. The van der Waals surface area contributed by atoms with Crippen LogP contribution in [0.5, 0.6) is 0 Å². The number of carbonyl (C=O) groups is 1. The Labute approximate surface area is 110 Å². The maximum atomic E-state index is 11.8. The summed E-state index contributed by atoms with van der Waals surface area (Å²) in [7, 11) is 2.93. The van der Waals surface area contributed by atoms with Gasteiger partial charge in [0.2, 0.25) is 0 Å². The van der Waals surface area contributed by atoms with Crippen molar-refractivity contribution in [3.05, 3.63) is 18.0 Å². The van der Waals surface area contributed by atoms with Crippen molar-refractivity contribution >= 4 is 25.6 Å². The quantitative estimate of drug-likeness (QED) is 0.788. The summed E-state index contributed by atoms with van der Waals surface area (Å²) in [6, 6.07) is 1.25. The van der Waals surface area contributed by atoms with Crippen molar-refractivity contribution < 1.29 is 17.9 Å². The molecule has 1 N–H and O–H groups in total. The molecular formula is C10H15ClN2O4S. The highest BCUT2D eigenvalue weighted by Crippen LogP contribution is 2.18. The largest absolute Gasteiger partial charge is 0.383 e. The highest BCUT2D eigenvalue weighted by molar-refractivity contribution is 8.13. The van der Waals surface area contributed by atoms with Crippen LogP contribution >= 0.6 is 10.7 Å². The zero-order valence-electron chi connectivity index (χ0n) is 10.1. The van der Waals surface area contributed by atoms with E-state index in [1.165, 1.54) is 23.9 Å². The zero-order valence-corrected chi connectivity index (χ0v) is 11.7. The Kier molecular flexibility index (Phi) is 5.18. The van der Waals surface area contributed by atoms with Gasteiger partial charge in [-0.15, -0.1) is 0 Å². The fraction of sp³-hybridized carbons (Fsp3) is 0.500. The number of nitrogens with one attached hydrogen (secondary N) is 1. The average molecular weight is 295 g/mol. The monoisotopic (exact) mass is 294 g/mol. The molecule has 0 spiro atoms. The standard InChI is InChI=1S/C10H15ClN2O4S/c1-3-12-10(14)9-6-8(18(11,15)16)7-13(9)4-5-17-2/h6-7H,3-5H2,1-2H3,(H,12,14). The van der Waals surface area contributed by atoms with Crippen LogP contribution in [0.15, 0.2) is 17.2 Å². The molecule has 8 heteroatoms. The fourth-order valence-electron chi connectivity index (χ4n) is 1.43. The van der Waals surface area contributed by atoms with Crippen molar-refractivity contribution in [2.45, 2.75) is 18.4 Å². The molecule has 1 rings (SSSR count). The van der Waals surface area contributed by atoms with Gasteiger partial charge in [-0.3, -0.25) is 4.79 Å². The van der Waals surface area contributed by atoms with E-state index in [0.717, 1.165) is 0 Å². The van der Waals surface area contributed by atoms with Crippen molar-refractivity contribution in [2.75, 3.05) is 20.3 Å². The van der Waals surface area contributed by atoms with Gasteiger partial charge in [-0.2, -0.15) is 0 Å². The van der Waals surface area contributed by atoms with E-state index in [0.29, 0.717) is 19.7 Å². The summed E-state index contributed by atoms with van der Waals surface area (Å²) in [5, 5.41) is 2.60. The van der Waals surface area contributed by atoms with Crippen molar-refractivity contribution in [1.82, 2.24) is 9.88 Å². The molecule has 1 amide bonds. The molecule has 102 valence electrons. The number of nitrogens with zero attached hydrogens (tertiary/aromatic N) is 1. The van der Waals surface area contributed by atoms with Gasteiger partial charge in [0.15, 0.2) is 0 Å². The summed E-state index contributed by atoms with van der Waals surface area (Å²) in [6.07, 6.45) is 1.33. The number of methoxy groups -OCH3 is 1. The van der Waals surface area contributed by atoms with Crippen LogP contribution in [0.25, 0.3) is 0 Å². The molecule has 0 bridgehead atoms. The summed E-state index contributed by atoms with van der Waals surface area (Å²) in [6.45, 7) is 2.97. The molecule has 0 saturated heterocycles. The first-order valence-electron chi connectivity index (χ1n) is 5.32. The summed E-state index contributed by atoms with van der Waals surface area (Å²) >= 11 is 0. The Morgan fingerprint density at radius 2 is 2.22 bits per heavy atom. The Balaban J connectivity index is 3.12. The number of halogens is 1. The molecule has 0 aliphatic heterocycles. The molecule has 0 unspecified atom stereocenters. The lowest BCUT2D eigenvalue weighted by molar-refractivity contribution is 0.0944. The summed E-state index contributed by atoms with van der Waals surface area (Å²) < 4.78 is 28.9. The Hall–Kier alpha value is -1.05. The third-order valence-corrected chi connectivity index (χ3v) is 3.58. The van der Waals surface area contributed by atoms with E-state index in [-0.39, 0.29) is 16.5 Å². The average Bonchev–Trinajstić information content (AvgIpc) is 2.70. The molecule has 1 aromatic heterocycles.